The van der Waals surface area contributed by atoms with E-state index >= 15 is 0 Å². The summed E-state index contributed by atoms with van der Waals surface area (Å²) in [5.74, 6) is 0.353. The minimum Gasteiger partial charge on any atom is -0.325 e. The van der Waals surface area contributed by atoms with Gasteiger partial charge in [0.1, 0.15) is 5.82 Å². The van der Waals surface area contributed by atoms with Gasteiger partial charge in [-0.25, -0.2) is 9.37 Å². The predicted octanol–water partition coefficient (Wildman–Crippen LogP) is 4.37. The van der Waals surface area contributed by atoms with E-state index in [4.69, 9.17) is 0 Å². The number of amides is 1. The van der Waals surface area contributed by atoms with E-state index in [1.165, 1.54) is 40.2 Å². The number of halogens is 1. The molecule has 5 nitrogen and oxygen atoms in total. The summed E-state index contributed by atoms with van der Waals surface area (Å²) in [6.07, 6.45) is 0.724. The Morgan fingerprint density at radius 2 is 1.90 bits per heavy atom. The first-order chi connectivity index (χ1) is 14.4. The minimum absolute atomic E-state index is 0.104. The van der Waals surface area contributed by atoms with Gasteiger partial charge >= 0.3 is 0 Å². The molecule has 0 radical (unpaired) electrons. The van der Waals surface area contributed by atoms with Crippen molar-refractivity contribution in [2.45, 2.75) is 30.3 Å². The average molecular weight is 442 g/mol. The van der Waals surface area contributed by atoms with Crippen LogP contribution in [0, 0.1) is 19.7 Å². The van der Waals surface area contributed by atoms with Gasteiger partial charge in [0.15, 0.2) is 5.16 Å². The molecule has 0 atom stereocenters. The number of benzene rings is 2. The molecule has 0 saturated carbocycles. The second kappa shape index (κ2) is 8.65. The molecule has 3 aromatic rings. The fraction of sp³-hybridized carbons (Fsp3) is 0.227. The van der Waals surface area contributed by atoms with Crippen molar-refractivity contribution in [3.63, 3.8) is 0 Å². The summed E-state index contributed by atoms with van der Waals surface area (Å²) < 4.78 is 14.8. The second-order valence-corrected chi connectivity index (χ2v) is 9.15. The van der Waals surface area contributed by atoms with Crippen molar-refractivity contribution in [1.82, 2.24) is 9.55 Å². The number of aryl methyl sites for hydroxylation is 3. The third kappa shape index (κ3) is 4.44. The lowest BCUT2D eigenvalue weighted by molar-refractivity contribution is -0.113. The molecule has 30 heavy (non-hydrogen) atoms. The lowest BCUT2D eigenvalue weighted by atomic mass is 10.1. The van der Waals surface area contributed by atoms with Crippen LogP contribution in [0.15, 0.2) is 57.3 Å². The van der Waals surface area contributed by atoms with Crippen molar-refractivity contribution in [2.75, 3.05) is 16.8 Å². The normalized spacial score (nSPS) is 12.6. The summed E-state index contributed by atoms with van der Waals surface area (Å²) in [6, 6.07) is 11.6. The van der Waals surface area contributed by atoms with Gasteiger partial charge in [-0.1, -0.05) is 17.8 Å². The third-order valence-electron chi connectivity index (χ3n) is 4.59. The van der Waals surface area contributed by atoms with E-state index in [1.54, 1.807) is 12.1 Å². The van der Waals surface area contributed by atoms with Gasteiger partial charge in [0, 0.05) is 17.9 Å². The molecule has 8 heteroatoms. The highest BCUT2D eigenvalue weighted by Gasteiger charge is 2.23. The Bertz CT molecular complexity index is 1160. The van der Waals surface area contributed by atoms with Crippen LogP contribution < -0.4 is 10.9 Å². The van der Waals surface area contributed by atoms with Crippen molar-refractivity contribution >= 4 is 35.1 Å². The van der Waals surface area contributed by atoms with Crippen molar-refractivity contribution < 1.29 is 9.18 Å². The molecule has 0 aliphatic carbocycles. The lowest BCUT2D eigenvalue weighted by Crippen LogP contribution is -2.24. The summed E-state index contributed by atoms with van der Waals surface area (Å²) in [5.41, 5.74) is 4.00. The zero-order chi connectivity index (χ0) is 21.3. The number of hydrogen-bond donors (Lipinski definition) is 1. The van der Waals surface area contributed by atoms with E-state index in [1.807, 2.05) is 32.0 Å². The first-order valence-electron chi connectivity index (χ1n) is 9.46. The van der Waals surface area contributed by atoms with Gasteiger partial charge in [0.05, 0.1) is 22.0 Å². The molecule has 0 spiro atoms. The number of thioether (sulfide) groups is 2. The van der Waals surface area contributed by atoms with Crippen LogP contribution in [0.2, 0.25) is 0 Å². The standard InChI is InChI=1S/C22H20FN3O2S2/c1-13-9-14(2)11-16(10-13)24-19(27)12-30-22-25-18-7-8-29-20(18)21(28)26(22)17-5-3-15(23)4-6-17/h3-6,9-11H,7-8,12H2,1-2H3,(H,24,27). The number of carbonyl (C=O) groups excluding carboxylic acids is 1. The molecule has 1 amide bonds. The van der Waals surface area contributed by atoms with E-state index in [2.05, 4.69) is 10.3 Å². The van der Waals surface area contributed by atoms with Crippen LogP contribution in [-0.4, -0.2) is 27.0 Å². The second-order valence-electron chi connectivity index (χ2n) is 7.10. The molecule has 0 saturated heterocycles. The summed E-state index contributed by atoms with van der Waals surface area (Å²) in [7, 11) is 0. The fourth-order valence-corrected chi connectivity index (χ4v) is 5.23. The van der Waals surface area contributed by atoms with Crippen molar-refractivity contribution in [1.29, 1.82) is 0 Å². The summed E-state index contributed by atoms with van der Waals surface area (Å²) in [4.78, 5) is 30.9. The van der Waals surface area contributed by atoms with Gasteiger partial charge in [0.2, 0.25) is 5.91 Å². The molecular formula is C22H20FN3O2S2. The molecular weight excluding hydrogens is 421 g/mol. The maximum Gasteiger partial charge on any atom is 0.272 e. The van der Waals surface area contributed by atoms with Gasteiger partial charge in [-0.2, -0.15) is 0 Å². The number of hydrogen-bond acceptors (Lipinski definition) is 5. The fourth-order valence-electron chi connectivity index (χ4n) is 3.38. The summed E-state index contributed by atoms with van der Waals surface area (Å²) in [5, 5.41) is 3.33. The Labute approximate surface area is 182 Å². The number of fused-ring (bicyclic) bond motifs is 1. The molecule has 0 fully saturated rings. The largest absolute Gasteiger partial charge is 0.325 e. The van der Waals surface area contributed by atoms with Crippen LogP contribution in [0.25, 0.3) is 5.69 Å². The Hall–Kier alpha value is -2.58. The molecule has 1 aromatic heterocycles. The lowest BCUT2D eigenvalue weighted by Gasteiger charge is -2.14. The monoisotopic (exact) mass is 441 g/mol. The van der Waals surface area contributed by atoms with E-state index in [0.29, 0.717) is 15.7 Å². The van der Waals surface area contributed by atoms with Gasteiger partial charge in [0.25, 0.3) is 5.56 Å². The molecule has 1 aliphatic heterocycles. The molecule has 4 rings (SSSR count). The SMILES string of the molecule is Cc1cc(C)cc(NC(=O)CSc2nc3c(c(=O)n2-c2ccc(F)cc2)SCC3)c1. The van der Waals surface area contributed by atoms with Crippen LogP contribution in [-0.2, 0) is 11.2 Å². The Morgan fingerprint density at radius 3 is 2.60 bits per heavy atom. The molecule has 2 heterocycles. The first kappa shape index (κ1) is 20.7. The predicted molar refractivity (Wildman–Crippen MR) is 119 cm³/mol. The zero-order valence-corrected chi connectivity index (χ0v) is 18.2. The number of nitrogens with zero attached hydrogens (tertiary/aromatic N) is 2. The Kier molecular flexibility index (Phi) is 5.97. The quantitative estimate of drug-likeness (QED) is 0.471. The van der Waals surface area contributed by atoms with Gasteiger partial charge < -0.3 is 5.32 Å². The van der Waals surface area contributed by atoms with E-state index in [-0.39, 0.29) is 23.0 Å². The number of nitrogens with one attached hydrogen (secondary N) is 1. The van der Waals surface area contributed by atoms with Crippen LogP contribution in [0.1, 0.15) is 16.8 Å². The topological polar surface area (TPSA) is 64.0 Å². The maximum absolute atomic E-state index is 13.4. The number of carbonyl (C=O) groups is 1. The van der Waals surface area contributed by atoms with Crippen molar-refractivity contribution in [2.24, 2.45) is 0 Å². The van der Waals surface area contributed by atoms with Crippen LogP contribution >= 0.6 is 23.5 Å². The van der Waals surface area contributed by atoms with Gasteiger partial charge in [-0.05, 0) is 61.4 Å². The molecule has 2 aromatic carbocycles. The Balaban J connectivity index is 1.60. The van der Waals surface area contributed by atoms with Gasteiger partial charge in [-0.15, -0.1) is 11.8 Å². The maximum atomic E-state index is 13.4. The highest BCUT2D eigenvalue weighted by atomic mass is 32.2. The highest BCUT2D eigenvalue weighted by Crippen LogP contribution is 2.30. The Morgan fingerprint density at radius 1 is 1.20 bits per heavy atom. The molecule has 154 valence electrons. The summed E-state index contributed by atoms with van der Waals surface area (Å²) in [6.45, 7) is 3.95. The van der Waals surface area contributed by atoms with Gasteiger partial charge in [-0.3, -0.25) is 14.2 Å². The summed E-state index contributed by atoms with van der Waals surface area (Å²) >= 11 is 2.68. The van der Waals surface area contributed by atoms with E-state index < -0.39 is 0 Å². The molecule has 1 N–H and O–H groups in total. The molecule has 0 bridgehead atoms. The third-order valence-corrected chi connectivity index (χ3v) is 6.63. The van der Waals surface area contributed by atoms with Crippen molar-refractivity contribution in [3.8, 4) is 5.69 Å². The highest BCUT2D eigenvalue weighted by molar-refractivity contribution is 8.00. The van der Waals surface area contributed by atoms with Crippen molar-refractivity contribution in [3.05, 3.63) is 75.5 Å². The number of anilines is 1. The minimum atomic E-state index is -0.377. The number of aromatic nitrogens is 2. The average Bonchev–Trinajstić information content (AvgIpc) is 3.16. The first-order valence-corrected chi connectivity index (χ1v) is 11.4. The van der Waals surface area contributed by atoms with Crippen LogP contribution in [0.4, 0.5) is 10.1 Å². The molecule has 1 aliphatic rings. The zero-order valence-electron chi connectivity index (χ0n) is 16.6. The number of rotatable bonds is 5. The van der Waals surface area contributed by atoms with E-state index in [0.717, 1.165) is 34.7 Å². The van der Waals surface area contributed by atoms with Crippen LogP contribution in [0.3, 0.4) is 0 Å². The van der Waals surface area contributed by atoms with E-state index in [9.17, 15) is 14.0 Å². The smallest absolute Gasteiger partial charge is 0.272 e. The molecule has 0 unspecified atom stereocenters. The van der Waals surface area contributed by atoms with Crippen LogP contribution in [0.5, 0.6) is 0 Å².